The van der Waals surface area contributed by atoms with Crippen LogP contribution in [0.3, 0.4) is 0 Å². The van der Waals surface area contributed by atoms with Gasteiger partial charge in [-0.1, -0.05) is 37.3 Å². The lowest BCUT2D eigenvalue weighted by Crippen LogP contribution is -2.27. The molecule has 0 saturated carbocycles. The first-order valence-electron chi connectivity index (χ1n) is 8.47. The molecule has 26 heavy (non-hydrogen) atoms. The molecule has 1 N–H and O–H groups in total. The lowest BCUT2D eigenvalue weighted by Gasteiger charge is -2.14. The maximum Gasteiger partial charge on any atom is 0.291 e. The Hall–Kier alpha value is -2.02. The Morgan fingerprint density at radius 2 is 1.77 bits per heavy atom. The predicted octanol–water partition coefficient (Wildman–Crippen LogP) is 4.26. The van der Waals surface area contributed by atoms with Crippen LogP contribution in [0.2, 0.25) is 0 Å². The van der Waals surface area contributed by atoms with Crippen LogP contribution >= 0.6 is 11.8 Å². The monoisotopic (exact) mass is 379 g/mol. The normalized spacial score (nSPS) is 12.2. The van der Waals surface area contributed by atoms with E-state index >= 15 is 0 Å². The summed E-state index contributed by atoms with van der Waals surface area (Å²) >= 11 is 0.334. The van der Waals surface area contributed by atoms with E-state index in [1.54, 1.807) is 13.8 Å². The highest BCUT2D eigenvalue weighted by Crippen LogP contribution is 2.24. The van der Waals surface area contributed by atoms with E-state index in [2.05, 4.69) is 22.2 Å². The topological polar surface area (TPSA) is 54.9 Å². The van der Waals surface area contributed by atoms with Crippen molar-refractivity contribution in [2.45, 2.75) is 50.4 Å². The lowest BCUT2D eigenvalue weighted by molar-refractivity contribution is -0.121. The maximum atomic E-state index is 12.4. The van der Waals surface area contributed by atoms with Gasteiger partial charge in [0.25, 0.3) is 5.76 Å². The van der Waals surface area contributed by atoms with Gasteiger partial charge in [-0.15, -0.1) is 0 Å². The molecule has 0 radical (unpaired) electrons. The second-order valence-electron chi connectivity index (χ2n) is 6.15. The van der Waals surface area contributed by atoms with Gasteiger partial charge >= 0.3 is 0 Å². The van der Waals surface area contributed by atoms with Gasteiger partial charge in [-0.2, -0.15) is 8.78 Å². The number of benzene rings is 1. The number of amides is 1. The van der Waals surface area contributed by atoms with Crippen LogP contribution in [0, 0.1) is 13.8 Å². The number of hydrogen-bond acceptors (Lipinski definition) is 4. The summed E-state index contributed by atoms with van der Waals surface area (Å²) in [5, 5.41) is 3.01. The summed E-state index contributed by atoms with van der Waals surface area (Å²) in [4.78, 5) is 20.3. The van der Waals surface area contributed by atoms with Crippen molar-refractivity contribution in [3.63, 3.8) is 0 Å². The molecule has 0 fully saturated rings. The highest BCUT2D eigenvalue weighted by atomic mass is 32.2. The average molecular weight is 379 g/mol. The summed E-state index contributed by atoms with van der Waals surface area (Å²) in [6.07, 6.45) is 0.802. The third-order valence-electron chi connectivity index (χ3n) is 4.17. The highest BCUT2D eigenvalue weighted by molar-refractivity contribution is 7.99. The molecule has 1 atom stereocenters. The minimum Gasteiger partial charge on any atom is -0.355 e. The first kappa shape index (κ1) is 20.3. The summed E-state index contributed by atoms with van der Waals surface area (Å²) in [6, 6.07) is 10.0. The number of aromatic nitrogens is 2. The van der Waals surface area contributed by atoms with E-state index in [1.165, 1.54) is 5.56 Å². The molecule has 7 heteroatoms. The van der Waals surface area contributed by atoms with E-state index in [-0.39, 0.29) is 17.0 Å². The van der Waals surface area contributed by atoms with Crippen LogP contribution in [0.5, 0.6) is 0 Å². The van der Waals surface area contributed by atoms with E-state index in [0.717, 1.165) is 5.56 Å². The molecule has 140 valence electrons. The molecule has 4 nitrogen and oxygen atoms in total. The molecule has 2 rings (SSSR count). The number of nitrogens with one attached hydrogen (secondary N) is 1. The van der Waals surface area contributed by atoms with Crippen molar-refractivity contribution in [3.05, 3.63) is 52.8 Å². The largest absolute Gasteiger partial charge is 0.355 e. The van der Waals surface area contributed by atoms with Gasteiger partial charge in [0.2, 0.25) is 5.91 Å². The first-order chi connectivity index (χ1) is 12.4. The predicted molar refractivity (Wildman–Crippen MR) is 99.6 cm³/mol. The molecule has 2 aromatic rings. The third kappa shape index (κ3) is 6.05. The zero-order valence-electron chi connectivity index (χ0n) is 15.1. The van der Waals surface area contributed by atoms with E-state index in [4.69, 9.17) is 0 Å². The molecule has 1 aromatic carbocycles. The lowest BCUT2D eigenvalue weighted by atomic mass is 10.0. The molecule has 0 aliphatic rings. The van der Waals surface area contributed by atoms with Gasteiger partial charge in [0.1, 0.15) is 0 Å². The number of hydrogen-bond donors (Lipinski definition) is 1. The first-order valence-corrected chi connectivity index (χ1v) is 9.35. The van der Waals surface area contributed by atoms with Crippen molar-refractivity contribution >= 4 is 17.7 Å². The van der Waals surface area contributed by atoms with Crippen LogP contribution in [0.15, 0.2) is 35.5 Å². The van der Waals surface area contributed by atoms with Crippen molar-refractivity contribution in [1.29, 1.82) is 0 Å². The third-order valence-corrected chi connectivity index (χ3v) is 4.74. The number of thioether (sulfide) groups is 1. The number of nitrogens with zero attached hydrogens (tertiary/aromatic N) is 2. The van der Waals surface area contributed by atoms with Crippen LogP contribution in [0.4, 0.5) is 8.78 Å². The van der Waals surface area contributed by atoms with Crippen molar-refractivity contribution in [3.8, 4) is 0 Å². The molecule has 0 spiro atoms. The van der Waals surface area contributed by atoms with Crippen molar-refractivity contribution < 1.29 is 13.6 Å². The Balaban J connectivity index is 1.87. The van der Waals surface area contributed by atoms with Crippen LogP contribution in [-0.2, 0) is 11.2 Å². The fraction of sp³-hybridized carbons (Fsp3) is 0.421. The molecule has 0 aliphatic heterocycles. The van der Waals surface area contributed by atoms with Crippen molar-refractivity contribution in [2.24, 2.45) is 0 Å². The summed E-state index contributed by atoms with van der Waals surface area (Å²) in [6.45, 7) is 6.16. The smallest absolute Gasteiger partial charge is 0.291 e. The fourth-order valence-electron chi connectivity index (χ4n) is 2.70. The Bertz CT molecular complexity index is 718. The summed E-state index contributed by atoms with van der Waals surface area (Å²) in [7, 11) is 0. The Labute approximate surface area is 156 Å². The van der Waals surface area contributed by atoms with Crippen LogP contribution < -0.4 is 5.32 Å². The van der Waals surface area contributed by atoms with Gasteiger partial charge in [-0.05, 0) is 49.1 Å². The molecule has 1 aromatic heterocycles. The van der Waals surface area contributed by atoms with Gasteiger partial charge in [0, 0.05) is 24.4 Å². The van der Waals surface area contributed by atoms with Crippen molar-refractivity contribution in [1.82, 2.24) is 15.3 Å². The SMILES string of the molecule is Cc1nc(SC(F)F)nc(C)c1CCC(=O)NC[C@@H](C)c1ccccc1. The van der Waals surface area contributed by atoms with Gasteiger partial charge < -0.3 is 5.32 Å². The zero-order chi connectivity index (χ0) is 19.1. The molecule has 0 aliphatic carbocycles. The molecule has 1 amide bonds. The molecule has 1 heterocycles. The fourth-order valence-corrected chi connectivity index (χ4v) is 3.23. The van der Waals surface area contributed by atoms with E-state index in [9.17, 15) is 13.6 Å². The van der Waals surface area contributed by atoms with Gasteiger partial charge in [0.15, 0.2) is 5.16 Å². The average Bonchev–Trinajstić information content (AvgIpc) is 2.59. The number of halogens is 2. The second-order valence-corrected chi connectivity index (χ2v) is 7.11. The zero-order valence-corrected chi connectivity index (χ0v) is 15.9. The Morgan fingerprint density at radius 3 is 2.35 bits per heavy atom. The van der Waals surface area contributed by atoms with Gasteiger partial charge in [-0.3, -0.25) is 4.79 Å². The van der Waals surface area contributed by atoms with Crippen LogP contribution in [0.1, 0.15) is 41.8 Å². The summed E-state index contributed by atoms with van der Waals surface area (Å²) in [5.41, 5.74) is 3.31. The number of carbonyl (C=O) groups is 1. The summed E-state index contributed by atoms with van der Waals surface area (Å²) < 4.78 is 24.9. The van der Waals surface area contributed by atoms with E-state index in [0.29, 0.717) is 42.5 Å². The maximum absolute atomic E-state index is 12.4. The van der Waals surface area contributed by atoms with E-state index < -0.39 is 5.76 Å². The highest BCUT2D eigenvalue weighted by Gasteiger charge is 2.14. The van der Waals surface area contributed by atoms with Crippen molar-refractivity contribution in [2.75, 3.05) is 6.54 Å². The number of alkyl halides is 2. The number of carbonyl (C=O) groups excluding carboxylic acids is 1. The summed E-state index contributed by atoms with van der Waals surface area (Å²) in [5.74, 6) is -2.35. The number of rotatable bonds is 8. The van der Waals surface area contributed by atoms with Gasteiger partial charge in [0.05, 0.1) is 0 Å². The Morgan fingerprint density at radius 1 is 1.15 bits per heavy atom. The molecule has 0 saturated heterocycles. The van der Waals surface area contributed by atoms with Crippen LogP contribution in [-0.4, -0.2) is 28.2 Å². The van der Waals surface area contributed by atoms with Crippen LogP contribution in [0.25, 0.3) is 0 Å². The van der Waals surface area contributed by atoms with Gasteiger partial charge in [-0.25, -0.2) is 9.97 Å². The standard InChI is InChI=1S/C19H23F2N3OS/c1-12(15-7-5-4-6-8-15)11-22-17(25)10-9-16-13(2)23-19(24-14(16)3)26-18(20)21/h4-8,12,18H,9-11H2,1-3H3,(H,22,25)/t12-/m1/s1. The molecule has 0 bridgehead atoms. The molecule has 0 unspecified atom stereocenters. The Kier molecular flexibility index (Phi) is 7.50. The molecular formula is C19H23F2N3OS. The second kappa shape index (κ2) is 9.62. The number of aryl methyl sites for hydroxylation is 2. The van der Waals surface area contributed by atoms with E-state index in [1.807, 2.05) is 30.3 Å². The minimum atomic E-state index is -2.54. The molecular weight excluding hydrogens is 356 g/mol. The quantitative estimate of drug-likeness (QED) is 0.550. The minimum absolute atomic E-state index is 0.0439.